The van der Waals surface area contributed by atoms with Crippen LogP contribution in [0.4, 0.5) is 5.82 Å². The molecule has 1 saturated carbocycles. The van der Waals surface area contributed by atoms with Gasteiger partial charge in [0.1, 0.15) is 5.82 Å². The van der Waals surface area contributed by atoms with E-state index in [1.807, 2.05) is 0 Å². The summed E-state index contributed by atoms with van der Waals surface area (Å²) in [6.45, 7) is 5.03. The van der Waals surface area contributed by atoms with E-state index in [1.54, 1.807) is 12.1 Å². The molecule has 2 N–H and O–H groups in total. The number of pyridine rings is 1. The molecular weight excluding hydrogens is 248 g/mol. The maximum absolute atomic E-state index is 6.07. The molecule has 2 unspecified atom stereocenters. The number of ether oxygens (including phenoxy) is 1. The molecule has 100 valence electrons. The number of aromatic nitrogens is 1. The molecule has 1 fully saturated rings. The second-order valence-electron chi connectivity index (χ2n) is 5.52. The Balaban J connectivity index is 1.92. The third-order valence-electron chi connectivity index (χ3n) is 3.53. The molecule has 18 heavy (non-hydrogen) atoms. The monoisotopic (exact) mass is 268 g/mol. The Kier molecular flexibility index (Phi) is 4.46. The number of nitrogens with zero attached hydrogens (tertiary/aromatic N) is 1. The van der Waals surface area contributed by atoms with Crippen molar-refractivity contribution in [1.82, 2.24) is 4.98 Å². The van der Waals surface area contributed by atoms with Gasteiger partial charge in [-0.25, -0.2) is 4.98 Å². The molecule has 0 saturated heterocycles. The minimum absolute atomic E-state index is 0.322. The van der Waals surface area contributed by atoms with Crippen LogP contribution in [-0.2, 0) is 11.3 Å². The third kappa shape index (κ3) is 3.59. The largest absolute Gasteiger partial charge is 0.384 e. The zero-order valence-corrected chi connectivity index (χ0v) is 11.8. The predicted octanol–water partition coefficient (Wildman–Crippen LogP) is 3.66. The maximum Gasteiger partial charge on any atom is 0.123 e. The molecule has 0 radical (unpaired) electrons. The standard InChI is InChI=1S/C14H21ClN2O/c1-9-5-10(2)7-11(6-9)18-8-13-12(15)3-4-14(16)17-13/h3-4,9-11H,5-8H2,1-2H3,(H2,16,17). The van der Waals surface area contributed by atoms with Crippen molar-refractivity contribution in [3.8, 4) is 0 Å². The summed E-state index contributed by atoms with van der Waals surface area (Å²) in [5.41, 5.74) is 6.39. The average Bonchev–Trinajstić information content (AvgIpc) is 2.29. The van der Waals surface area contributed by atoms with E-state index in [4.69, 9.17) is 22.1 Å². The summed E-state index contributed by atoms with van der Waals surface area (Å²) in [5.74, 6) is 1.97. The van der Waals surface area contributed by atoms with Gasteiger partial charge >= 0.3 is 0 Å². The number of nitrogens with two attached hydrogens (primary N) is 1. The first-order chi connectivity index (χ1) is 8.54. The number of anilines is 1. The molecule has 2 rings (SSSR count). The molecule has 0 aromatic carbocycles. The topological polar surface area (TPSA) is 48.1 Å². The van der Waals surface area contributed by atoms with Crippen LogP contribution in [0.1, 0.15) is 38.8 Å². The van der Waals surface area contributed by atoms with Crippen LogP contribution < -0.4 is 5.73 Å². The minimum Gasteiger partial charge on any atom is -0.384 e. The normalized spacial score (nSPS) is 28.3. The summed E-state index contributed by atoms with van der Waals surface area (Å²) in [6, 6.07) is 3.48. The number of hydrogen-bond acceptors (Lipinski definition) is 3. The number of halogens is 1. The highest BCUT2D eigenvalue weighted by molar-refractivity contribution is 6.31. The quantitative estimate of drug-likeness (QED) is 0.910. The highest BCUT2D eigenvalue weighted by Gasteiger charge is 2.24. The molecule has 1 aromatic heterocycles. The molecule has 3 nitrogen and oxygen atoms in total. The van der Waals surface area contributed by atoms with Gasteiger partial charge in [-0.1, -0.05) is 25.4 Å². The number of nitrogen functional groups attached to an aromatic ring is 1. The highest BCUT2D eigenvalue weighted by Crippen LogP contribution is 2.31. The lowest BCUT2D eigenvalue weighted by molar-refractivity contribution is -0.0104. The van der Waals surface area contributed by atoms with E-state index in [0.29, 0.717) is 23.6 Å². The summed E-state index contributed by atoms with van der Waals surface area (Å²) in [6.07, 6.45) is 3.88. The van der Waals surface area contributed by atoms with Crippen LogP contribution in [0, 0.1) is 11.8 Å². The van der Waals surface area contributed by atoms with Gasteiger partial charge in [-0.15, -0.1) is 0 Å². The zero-order valence-electron chi connectivity index (χ0n) is 11.0. The molecule has 1 heterocycles. The third-order valence-corrected chi connectivity index (χ3v) is 3.88. The fourth-order valence-corrected chi connectivity index (χ4v) is 2.97. The van der Waals surface area contributed by atoms with Gasteiger partial charge in [-0.05, 0) is 43.2 Å². The van der Waals surface area contributed by atoms with Crippen molar-refractivity contribution < 1.29 is 4.74 Å². The van der Waals surface area contributed by atoms with Gasteiger partial charge in [-0.3, -0.25) is 0 Å². The van der Waals surface area contributed by atoms with Gasteiger partial charge in [-0.2, -0.15) is 0 Å². The van der Waals surface area contributed by atoms with Gasteiger partial charge < -0.3 is 10.5 Å². The molecule has 0 aliphatic heterocycles. The fourth-order valence-electron chi connectivity index (χ4n) is 2.81. The van der Waals surface area contributed by atoms with Gasteiger partial charge in [0.2, 0.25) is 0 Å². The Morgan fingerprint density at radius 3 is 2.61 bits per heavy atom. The number of hydrogen-bond donors (Lipinski definition) is 1. The van der Waals surface area contributed by atoms with Crippen LogP contribution >= 0.6 is 11.6 Å². The van der Waals surface area contributed by atoms with E-state index in [9.17, 15) is 0 Å². The second-order valence-corrected chi connectivity index (χ2v) is 5.92. The van der Waals surface area contributed by atoms with Crippen molar-refractivity contribution in [3.63, 3.8) is 0 Å². The zero-order chi connectivity index (χ0) is 13.1. The Hall–Kier alpha value is -0.800. The van der Waals surface area contributed by atoms with E-state index in [1.165, 1.54) is 6.42 Å². The molecule has 0 spiro atoms. The summed E-state index contributed by atoms with van der Waals surface area (Å²) in [5, 5.41) is 0.626. The van der Waals surface area contributed by atoms with Gasteiger partial charge in [0.15, 0.2) is 0 Å². The van der Waals surface area contributed by atoms with Crippen molar-refractivity contribution >= 4 is 17.4 Å². The summed E-state index contributed by atoms with van der Waals surface area (Å²) in [4.78, 5) is 4.22. The molecule has 1 aliphatic rings. The molecule has 1 aliphatic carbocycles. The SMILES string of the molecule is CC1CC(C)CC(OCc2nc(N)ccc2Cl)C1. The summed E-state index contributed by atoms with van der Waals surface area (Å²) < 4.78 is 5.94. The molecule has 4 heteroatoms. The van der Waals surface area contributed by atoms with E-state index in [2.05, 4.69) is 18.8 Å². The van der Waals surface area contributed by atoms with E-state index in [-0.39, 0.29) is 0 Å². The van der Waals surface area contributed by atoms with Crippen LogP contribution in [0.2, 0.25) is 5.02 Å². The first-order valence-corrected chi connectivity index (χ1v) is 6.95. The minimum atomic E-state index is 0.322. The van der Waals surface area contributed by atoms with Crippen LogP contribution in [0.5, 0.6) is 0 Å². The maximum atomic E-state index is 6.07. The first-order valence-electron chi connectivity index (χ1n) is 6.57. The molecule has 0 amide bonds. The van der Waals surface area contributed by atoms with Gasteiger partial charge in [0.25, 0.3) is 0 Å². The van der Waals surface area contributed by atoms with Crippen molar-refractivity contribution in [2.75, 3.05) is 5.73 Å². The van der Waals surface area contributed by atoms with Crippen LogP contribution in [0.3, 0.4) is 0 Å². The number of rotatable bonds is 3. The van der Waals surface area contributed by atoms with E-state index < -0.39 is 0 Å². The van der Waals surface area contributed by atoms with Gasteiger partial charge in [0, 0.05) is 0 Å². The predicted molar refractivity (Wildman–Crippen MR) is 74.4 cm³/mol. The Morgan fingerprint density at radius 1 is 1.28 bits per heavy atom. The van der Waals surface area contributed by atoms with Crippen molar-refractivity contribution in [1.29, 1.82) is 0 Å². The van der Waals surface area contributed by atoms with E-state index in [0.717, 1.165) is 30.4 Å². The van der Waals surface area contributed by atoms with Crippen molar-refractivity contribution in [2.24, 2.45) is 11.8 Å². The van der Waals surface area contributed by atoms with Gasteiger partial charge in [0.05, 0.1) is 23.4 Å². The summed E-state index contributed by atoms with van der Waals surface area (Å²) in [7, 11) is 0. The molecule has 0 bridgehead atoms. The average molecular weight is 269 g/mol. The van der Waals surface area contributed by atoms with Crippen molar-refractivity contribution in [2.45, 2.75) is 45.8 Å². The van der Waals surface area contributed by atoms with Crippen LogP contribution in [0.25, 0.3) is 0 Å². The Morgan fingerprint density at radius 2 is 1.94 bits per heavy atom. The lowest BCUT2D eigenvalue weighted by Crippen LogP contribution is -2.26. The smallest absolute Gasteiger partial charge is 0.123 e. The van der Waals surface area contributed by atoms with Crippen molar-refractivity contribution in [3.05, 3.63) is 22.8 Å². The first kappa shape index (κ1) is 13.6. The lowest BCUT2D eigenvalue weighted by Gasteiger charge is -2.31. The second kappa shape index (κ2) is 5.89. The van der Waals surface area contributed by atoms with Crippen LogP contribution in [0.15, 0.2) is 12.1 Å². The van der Waals surface area contributed by atoms with Crippen LogP contribution in [-0.4, -0.2) is 11.1 Å². The highest BCUT2D eigenvalue weighted by atomic mass is 35.5. The fraction of sp³-hybridized carbons (Fsp3) is 0.643. The summed E-state index contributed by atoms with van der Waals surface area (Å²) >= 11 is 6.07. The Bertz CT molecular complexity index is 401. The molecular formula is C14H21ClN2O. The molecule has 1 aromatic rings. The lowest BCUT2D eigenvalue weighted by atomic mass is 9.82. The Labute approximate surface area is 114 Å². The van der Waals surface area contributed by atoms with E-state index >= 15 is 0 Å². The molecule has 2 atom stereocenters.